The van der Waals surface area contributed by atoms with Crippen LogP contribution in [-0.4, -0.2) is 23.3 Å². The van der Waals surface area contributed by atoms with Gasteiger partial charge in [0.25, 0.3) is 0 Å². The number of benzene rings is 1. The summed E-state index contributed by atoms with van der Waals surface area (Å²) in [6.45, 7) is 9.42. The number of piperidine rings is 1. The topological polar surface area (TPSA) is 20.3 Å². The van der Waals surface area contributed by atoms with Crippen LogP contribution in [0, 0.1) is 17.3 Å². The van der Waals surface area contributed by atoms with E-state index in [1.807, 2.05) is 0 Å². The van der Waals surface area contributed by atoms with Crippen LogP contribution in [0.15, 0.2) is 30.3 Å². The summed E-state index contributed by atoms with van der Waals surface area (Å²) in [6.07, 6.45) is 10.5. The number of nitrogens with zero attached hydrogens (tertiary/aromatic N) is 1. The van der Waals surface area contributed by atoms with Gasteiger partial charge in [-0.15, -0.1) is 0 Å². The molecular weight excluding hydrogens is 330 g/mol. The maximum Gasteiger partial charge on any atom is 0.132 e. The van der Waals surface area contributed by atoms with Crippen molar-refractivity contribution >= 4 is 5.78 Å². The fourth-order valence-corrected chi connectivity index (χ4v) is 5.40. The Bertz CT molecular complexity index is 592. The highest BCUT2D eigenvalue weighted by Gasteiger charge is 2.42. The highest BCUT2D eigenvalue weighted by molar-refractivity contribution is 5.78. The molecule has 0 amide bonds. The van der Waals surface area contributed by atoms with Gasteiger partial charge in [-0.1, -0.05) is 69.9 Å². The molecule has 2 fully saturated rings. The normalized spacial score (nSPS) is 29.9. The summed E-state index contributed by atoms with van der Waals surface area (Å²) >= 11 is 0. The van der Waals surface area contributed by atoms with Gasteiger partial charge in [0, 0.05) is 25.4 Å². The number of hydrogen-bond donors (Lipinski definition) is 0. The first-order chi connectivity index (χ1) is 13.0. The van der Waals surface area contributed by atoms with E-state index >= 15 is 0 Å². The average molecular weight is 370 g/mol. The van der Waals surface area contributed by atoms with Crippen molar-refractivity contribution in [1.82, 2.24) is 4.90 Å². The number of Topliss-reactive ketones (excluding diaryl/α,β-unsaturated/α-hetero) is 1. The molecule has 3 rings (SSSR count). The first kappa shape index (κ1) is 20.6. The van der Waals surface area contributed by atoms with E-state index in [-0.39, 0.29) is 5.41 Å². The van der Waals surface area contributed by atoms with Gasteiger partial charge in [-0.2, -0.15) is 0 Å². The van der Waals surface area contributed by atoms with E-state index < -0.39 is 0 Å². The summed E-state index contributed by atoms with van der Waals surface area (Å²) in [6, 6.07) is 11.3. The van der Waals surface area contributed by atoms with Crippen molar-refractivity contribution in [3.8, 4) is 0 Å². The molecule has 27 heavy (non-hydrogen) atoms. The van der Waals surface area contributed by atoms with Crippen LogP contribution in [0.25, 0.3) is 0 Å². The monoisotopic (exact) mass is 369 g/mol. The van der Waals surface area contributed by atoms with Crippen LogP contribution in [0.2, 0.25) is 0 Å². The van der Waals surface area contributed by atoms with Crippen molar-refractivity contribution < 1.29 is 4.79 Å². The summed E-state index contributed by atoms with van der Waals surface area (Å²) < 4.78 is 0. The number of carbonyl (C=O) groups is 1. The van der Waals surface area contributed by atoms with Crippen molar-refractivity contribution in [2.45, 2.75) is 91.1 Å². The molecule has 1 saturated heterocycles. The van der Waals surface area contributed by atoms with Gasteiger partial charge in [0.15, 0.2) is 0 Å². The Balaban J connectivity index is 1.53. The molecule has 2 nitrogen and oxygen atoms in total. The SMILES string of the molecule is CC1CCN(Cc2ccccc2)C(C)C1(C)CCC(=O)CCC1CCCC1. The van der Waals surface area contributed by atoms with E-state index in [9.17, 15) is 4.79 Å². The molecule has 1 saturated carbocycles. The lowest BCUT2D eigenvalue weighted by molar-refractivity contribution is -0.121. The molecule has 2 heteroatoms. The third kappa shape index (κ3) is 5.22. The van der Waals surface area contributed by atoms with Gasteiger partial charge in [0.1, 0.15) is 5.78 Å². The van der Waals surface area contributed by atoms with Crippen molar-refractivity contribution in [1.29, 1.82) is 0 Å². The average Bonchev–Trinajstić information content (AvgIpc) is 3.20. The third-order valence-electron chi connectivity index (χ3n) is 7.95. The van der Waals surface area contributed by atoms with Gasteiger partial charge in [-0.25, -0.2) is 0 Å². The summed E-state index contributed by atoms with van der Waals surface area (Å²) in [4.78, 5) is 15.2. The van der Waals surface area contributed by atoms with Crippen LogP contribution in [0.5, 0.6) is 0 Å². The Kier molecular flexibility index (Phi) is 7.14. The molecular formula is C25H39NO. The molecule has 1 aliphatic carbocycles. The molecule has 0 N–H and O–H groups in total. The largest absolute Gasteiger partial charge is 0.300 e. The smallest absolute Gasteiger partial charge is 0.132 e. The molecule has 1 heterocycles. The Morgan fingerprint density at radius 3 is 2.48 bits per heavy atom. The van der Waals surface area contributed by atoms with E-state index in [2.05, 4.69) is 56.0 Å². The highest BCUT2D eigenvalue weighted by Crippen LogP contribution is 2.44. The van der Waals surface area contributed by atoms with E-state index in [1.54, 1.807) is 0 Å². The van der Waals surface area contributed by atoms with Crippen molar-refractivity contribution in [3.05, 3.63) is 35.9 Å². The summed E-state index contributed by atoms with van der Waals surface area (Å²) in [5.41, 5.74) is 1.63. The minimum Gasteiger partial charge on any atom is -0.300 e. The minimum absolute atomic E-state index is 0.232. The first-order valence-electron chi connectivity index (χ1n) is 11.3. The summed E-state index contributed by atoms with van der Waals surface area (Å²) in [7, 11) is 0. The van der Waals surface area contributed by atoms with Crippen LogP contribution in [0.3, 0.4) is 0 Å². The van der Waals surface area contributed by atoms with Crippen molar-refractivity contribution in [3.63, 3.8) is 0 Å². The second-order valence-electron chi connectivity index (χ2n) is 9.56. The molecule has 0 aromatic heterocycles. The van der Waals surface area contributed by atoms with Crippen LogP contribution in [0.4, 0.5) is 0 Å². The Hall–Kier alpha value is -1.15. The zero-order valence-corrected chi connectivity index (χ0v) is 17.8. The second kappa shape index (κ2) is 9.37. The quantitative estimate of drug-likeness (QED) is 0.540. The molecule has 0 bridgehead atoms. The predicted octanol–water partition coefficient (Wildman–Crippen LogP) is 6.24. The lowest BCUT2D eigenvalue weighted by Gasteiger charge is -2.51. The molecule has 3 atom stereocenters. The van der Waals surface area contributed by atoms with Crippen molar-refractivity contribution in [2.75, 3.05) is 6.54 Å². The zero-order chi connectivity index (χ0) is 19.3. The summed E-state index contributed by atoms with van der Waals surface area (Å²) in [5, 5.41) is 0. The highest BCUT2D eigenvalue weighted by atomic mass is 16.1. The van der Waals surface area contributed by atoms with Crippen molar-refractivity contribution in [2.24, 2.45) is 17.3 Å². The number of likely N-dealkylation sites (tertiary alicyclic amines) is 1. The van der Waals surface area contributed by atoms with Gasteiger partial charge >= 0.3 is 0 Å². The predicted molar refractivity (Wildman–Crippen MR) is 114 cm³/mol. The third-order valence-corrected chi connectivity index (χ3v) is 7.95. The molecule has 150 valence electrons. The van der Waals surface area contributed by atoms with Crippen LogP contribution >= 0.6 is 0 Å². The zero-order valence-electron chi connectivity index (χ0n) is 17.8. The van der Waals surface area contributed by atoms with Crippen LogP contribution in [0.1, 0.15) is 84.1 Å². The molecule has 1 aliphatic heterocycles. The molecule has 3 unspecified atom stereocenters. The van der Waals surface area contributed by atoms with E-state index in [0.29, 0.717) is 17.7 Å². The number of carbonyl (C=O) groups excluding carboxylic acids is 1. The molecule has 1 aromatic carbocycles. The van der Waals surface area contributed by atoms with Gasteiger partial charge < -0.3 is 0 Å². The van der Waals surface area contributed by atoms with E-state index in [0.717, 1.165) is 38.1 Å². The standard InChI is InChI=1S/C25H39NO/c1-20-16-18-26(19-23-11-5-4-6-12-23)21(2)25(20,3)17-15-24(27)14-13-22-9-7-8-10-22/h4-6,11-12,20-22H,7-10,13-19H2,1-3H3. The molecule has 0 radical (unpaired) electrons. The van der Waals surface area contributed by atoms with Crippen LogP contribution in [-0.2, 0) is 11.3 Å². The number of hydrogen-bond acceptors (Lipinski definition) is 2. The molecule has 1 aromatic rings. The number of ketones is 1. The van der Waals surface area contributed by atoms with Gasteiger partial charge in [-0.3, -0.25) is 9.69 Å². The van der Waals surface area contributed by atoms with Gasteiger partial charge in [0.05, 0.1) is 0 Å². The van der Waals surface area contributed by atoms with Gasteiger partial charge in [0.2, 0.25) is 0 Å². The van der Waals surface area contributed by atoms with Crippen LogP contribution < -0.4 is 0 Å². The fourth-order valence-electron chi connectivity index (χ4n) is 5.40. The minimum atomic E-state index is 0.232. The molecule has 2 aliphatic rings. The summed E-state index contributed by atoms with van der Waals surface area (Å²) in [5.74, 6) is 2.02. The van der Waals surface area contributed by atoms with E-state index in [1.165, 1.54) is 44.2 Å². The lowest BCUT2D eigenvalue weighted by atomic mass is 9.65. The Morgan fingerprint density at radius 1 is 1.07 bits per heavy atom. The number of rotatable bonds is 8. The Morgan fingerprint density at radius 2 is 1.78 bits per heavy atom. The maximum absolute atomic E-state index is 12.6. The maximum atomic E-state index is 12.6. The molecule has 0 spiro atoms. The van der Waals surface area contributed by atoms with Gasteiger partial charge in [-0.05, 0) is 55.5 Å². The van der Waals surface area contributed by atoms with E-state index in [4.69, 9.17) is 0 Å². The second-order valence-corrected chi connectivity index (χ2v) is 9.56. The first-order valence-corrected chi connectivity index (χ1v) is 11.3. The lowest BCUT2D eigenvalue weighted by Crippen LogP contribution is -2.53. The Labute approximate surface area is 166 Å². The fraction of sp³-hybridized carbons (Fsp3) is 0.720.